The Morgan fingerprint density at radius 3 is 2.26 bits per heavy atom. The van der Waals surface area contributed by atoms with Crippen LogP contribution in [-0.4, -0.2) is 99.3 Å². The number of aliphatic hydroxyl groups is 4. The summed E-state index contributed by atoms with van der Waals surface area (Å²) in [7, 11) is 1.52. The van der Waals surface area contributed by atoms with Crippen LogP contribution in [0.4, 0.5) is 0 Å². The van der Waals surface area contributed by atoms with Gasteiger partial charge < -0.3 is 44.1 Å². The molecule has 15 atom stereocenters. The Bertz CT molecular complexity index is 852. The SMILES string of the molecule is CC[C@@H](O)[C@@](C)(O)[C@@H]1OC(=O)[C@H](C)[C@H](OC2CC(C)(OC)C(O)C(C)O2)[C@H](C)[C@@H](O)[C@@]2(C)CC(C)C(O2)[C@@H]1C. The number of carbonyl (C=O) groups is 1. The van der Waals surface area contributed by atoms with E-state index in [9.17, 15) is 25.2 Å². The van der Waals surface area contributed by atoms with Gasteiger partial charge in [0.15, 0.2) is 6.29 Å². The number of carbonyl (C=O) groups excluding carboxylic acids is 1. The summed E-state index contributed by atoms with van der Waals surface area (Å²) in [5.74, 6) is -2.54. The first-order valence-corrected chi connectivity index (χ1v) is 14.4. The van der Waals surface area contributed by atoms with Gasteiger partial charge in [-0.2, -0.15) is 0 Å². The maximum atomic E-state index is 13.7. The van der Waals surface area contributed by atoms with Crippen LogP contribution in [0.15, 0.2) is 0 Å². The van der Waals surface area contributed by atoms with E-state index in [0.717, 1.165) is 0 Å². The van der Waals surface area contributed by atoms with Crippen LogP contribution in [0.25, 0.3) is 0 Å². The summed E-state index contributed by atoms with van der Waals surface area (Å²) < 4.78 is 30.6. The van der Waals surface area contributed by atoms with E-state index in [2.05, 4.69) is 0 Å². The highest BCUT2D eigenvalue weighted by atomic mass is 16.7. The molecule has 0 saturated carbocycles. The van der Waals surface area contributed by atoms with E-state index in [4.69, 9.17) is 23.7 Å². The van der Waals surface area contributed by atoms with E-state index in [-0.39, 0.29) is 18.8 Å². The lowest BCUT2D eigenvalue weighted by Crippen LogP contribution is -2.58. The molecule has 0 amide bonds. The molecular formula is C29H52O10. The van der Waals surface area contributed by atoms with E-state index < -0.39 is 89.5 Å². The van der Waals surface area contributed by atoms with Crippen molar-refractivity contribution < 1.29 is 48.9 Å². The first kappa shape index (κ1) is 32.7. The lowest BCUT2D eigenvalue weighted by atomic mass is 9.76. The minimum Gasteiger partial charge on any atom is -0.459 e. The molecular weight excluding hydrogens is 508 g/mol. The molecule has 3 rings (SSSR count). The van der Waals surface area contributed by atoms with E-state index in [1.807, 2.05) is 27.7 Å². The molecule has 0 radical (unpaired) electrons. The third-order valence-electron chi connectivity index (χ3n) is 9.86. The van der Waals surface area contributed by atoms with Gasteiger partial charge in [-0.3, -0.25) is 4.79 Å². The van der Waals surface area contributed by atoms with Gasteiger partial charge in [-0.1, -0.05) is 27.7 Å². The van der Waals surface area contributed by atoms with Gasteiger partial charge in [0.05, 0.1) is 47.6 Å². The highest BCUT2D eigenvalue weighted by Crippen LogP contribution is 2.46. The van der Waals surface area contributed by atoms with Crippen molar-refractivity contribution in [3.8, 4) is 0 Å². The second-order valence-electron chi connectivity index (χ2n) is 13.1. The zero-order valence-corrected chi connectivity index (χ0v) is 25.3. The Hall–Kier alpha value is -0.850. The molecule has 0 aliphatic carbocycles. The van der Waals surface area contributed by atoms with Gasteiger partial charge >= 0.3 is 5.97 Å². The Balaban J connectivity index is 2.02. The highest BCUT2D eigenvalue weighted by molar-refractivity contribution is 5.73. The summed E-state index contributed by atoms with van der Waals surface area (Å²) in [5.41, 5.74) is -3.61. The van der Waals surface area contributed by atoms with Crippen molar-refractivity contribution in [3.05, 3.63) is 0 Å². The van der Waals surface area contributed by atoms with Crippen LogP contribution in [0.1, 0.15) is 81.6 Å². The molecule has 228 valence electrons. The van der Waals surface area contributed by atoms with E-state index in [1.54, 1.807) is 27.7 Å². The Morgan fingerprint density at radius 1 is 1.08 bits per heavy atom. The van der Waals surface area contributed by atoms with Gasteiger partial charge in [0.1, 0.15) is 17.8 Å². The van der Waals surface area contributed by atoms with Gasteiger partial charge in [-0.05, 0) is 53.4 Å². The summed E-state index contributed by atoms with van der Waals surface area (Å²) in [4.78, 5) is 13.7. The molecule has 2 bridgehead atoms. The number of aliphatic hydroxyl groups excluding tert-OH is 3. The van der Waals surface area contributed by atoms with Gasteiger partial charge in [0.2, 0.25) is 0 Å². The first-order chi connectivity index (χ1) is 17.9. The molecule has 3 saturated heterocycles. The molecule has 3 aliphatic rings. The standard InChI is InChI=1S/C29H52O10/c1-11-19(30)29(9,34)25-16(4)21-14(2)12-28(8,39-21)23(31)15(3)22(17(5)26(33)38-25)37-20-13-27(7,35-10)24(32)18(6)36-20/h14-25,30-32,34H,11-13H2,1-10H3/t14?,15-,16-,17+,18?,19+,20?,21?,22+,23+,24?,25+,27?,28+,29+/m0/s1. The van der Waals surface area contributed by atoms with Crippen molar-refractivity contribution in [2.24, 2.45) is 23.7 Å². The molecule has 3 fully saturated rings. The quantitative estimate of drug-likeness (QED) is 0.357. The first-order valence-electron chi connectivity index (χ1n) is 14.4. The zero-order chi connectivity index (χ0) is 29.7. The van der Waals surface area contributed by atoms with Crippen LogP contribution < -0.4 is 0 Å². The molecule has 0 spiro atoms. The van der Waals surface area contributed by atoms with E-state index >= 15 is 0 Å². The lowest BCUT2D eigenvalue weighted by molar-refractivity contribution is -0.299. The summed E-state index contributed by atoms with van der Waals surface area (Å²) in [6.45, 7) is 16.0. The summed E-state index contributed by atoms with van der Waals surface area (Å²) >= 11 is 0. The molecule has 3 aliphatic heterocycles. The molecule has 39 heavy (non-hydrogen) atoms. The normalized spacial score (nSPS) is 50.0. The topological polar surface area (TPSA) is 144 Å². The third-order valence-corrected chi connectivity index (χ3v) is 9.86. The van der Waals surface area contributed by atoms with E-state index in [1.165, 1.54) is 14.0 Å². The number of fused-ring (bicyclic) bond motifs is 2. The summed E-state index contributed by atoms with van der Waals surface area (Å²) in [6.07, 6.45) is -5.73. The average Bonchev–Trinajstić information content (AvgIpc) is 3.20. The van der Waals surface area contributed by atoms with Gasteiger partial charge in [0, 0.05) is 25.4 Å². The van der Waals surface area contributed by atoms with Crippen molar-refractivity contribution in [1.29, 1.82) is 0 Å². The number of ether oxygens (including phenoxy) is 5. The van der Waals surface area contributed by atoms with Crippen LogP contribution >= 0.6 is 0 Å². The predicted molar refractivity (Wildman–Crippen MR) is 143 cm³/mol. The van der Waals surface area contributed by atoms with Crippen molar-refractivity contribution >= 4 is 5.97 Å². The molecule has 3 heterocycles. The second kappa shape index (κ2) is 11.8. The maximum absolute atomic E-state index is 13.7. The van der Waals surface area contributed by atoms with Crippen LogP contribution in [0.5, 0.6) is 0 Å². The van der Waals surface area contributed by atoms with Gasteiger partial charge in [-0.25, -0.2) is 0 Å². The Morgan fingerprint density at radius 2 is 1.69 bits per heavy atom. The van der Waals surface area contributed by atoms with E-state index in [0.29, 0.717) is 6.42 Å². The largest absolute Gasteiger partial charge is 0.459 e. The molecule has 0 aromatic carbocycles. The Labute approximate surface area is 233 Å². The fraction of sp³-hybridized carbons (Fsp3) is 0.966. The second-order valence-corrected chi connectivity index (χ2v) is 13.1. The summed E-state index contributed by atoms with van der Waals surface area (Å²) in [6, 6.07) is 0. The number of hydrogen-bond donors (Lipinski definition) is 4. The number of hydrogen-bond acceptors (Lipinski definition) is 10. The van der Waals surface area contributed by atoms with Crippen LogP contribution in [0, 0.1) is 23.7 Å². The van der Waals surface area contributed by atoms with Crippen LogP contribution in [0.2, 0.25) is 0 Å². The molecule has 10 nitrogen and oxygen atoms in total. The van der Waals surface area contributed by atoms with Crippen molar-refractivity contribution in [3.63, 3.8) is 0 Å². The molecule has 0 aromatic heterocycles. The fourth-order valence-corrected chi connectivity index (χ4v) is 7.15. The molecule has 6 unspecified atom stereocenters. The van der Waals surface area contributed by atoms with Crippen molar-refractivity contribution in [2.45, 2.75) is 147 Å². The lowest BCUT2D eigenvalue weighted by Gasteiger charge is -2.46. The number of esters is 1. The zero-order valence-electron chi connectivity index (χ0n) is 25.3. The molecule has 4 N–H and O–H groups in total. The minimum absolute atomic E-state index is 0.00901. The smallest absolute Gasteiger partial charge is 0.311 e. The predicted octanol–water partition coefficient (Wildman–Crippen LogP) is 2.17. The molecule has 0 aromatic rings. The number of cyclic esters (lactones) is 1. The molecule has 10 heteroatoms. The fourth-order valence-electron chi connectivity index (χ4n) is 7.15. The van der Waals surface area contributed by atoms with Crippen LogP contribution in [0.3, 0.4) is 0 Å². The van der Waals surface area contributed by atoms with Gasteiger partial charge in [-0.15, -0.1) is 0 Å². The van der Waals surface area contributed by atoms with Gasteiger partial charge in [0.25, 0.3) is 0 Å². The minimum atomic E-state index is -1.74. The monoisotopic (exact) mass is 560 g/mol. The Kier molecular flexibility index (Phi) is 9.88. The number of methoxy groups -OCH3 is 1. The average molecular weight is 561 g/mol. The van der Waals surface area contributed by atoms with Crippen LogP contribution in [-0.2, 0) is 28.5 Å². The third kappa shape index (κ3) is 6.04. The number of rotatable bonds is 6. The van der Waals surface area contributed by atoms with Crippen molar-refractivity contribution in [1.82, 2.24) is 0 Å². The maximum Gasteiger partial charge on any atom is 0.311 e. The summed E-state index contributed by atoms with van der Waals surface area (Å²) in [5, 5.41) is 44.5. The van der Waals surface area contributed by atoms with Crippen molar-refractivity contribution in [2.75, 3.05) is 7.11 Å². The highest BCUT2D eigenvalue weighted by Gasteiger charge is 2.57.